The molecule has 2 rings (SSSR count). The maximum atomic E-state index is 12.0. The molecular weight excluding hydrogens is 242 g/mol. The minimum absolute atomic E-state index is 0.0245. The number of carbonyl (C=O) groups is 1. The van der Waals surface area contributed by atoms with Crippen molar-refractivity contribution in [3.8, 4) is 0 Å². The van der Waals surface area contributed by atoms with Crippen LogP contribution in [0.4, 0.5) is 5.69 Å². The van der Waals surface area contributed by atoms with Crippen molar-refractivity contribution in [2.24, 2.45) is 0 Å². The molecule has 2 aromatic rings. The fourth-order valence-corrected chi connectivity index (χ4v) is 2.56. The first-order valence-electron chi connectivity index (χ1n) is 6.07. The molecule has 2 nitrogen and oxygen atoms in total. The maximum Gasteiger partial charge on any atom is 0.237 e. The van der Waals surface area contributed by atoms with Gasteiger partial charge < -0.3 is 5.32 Å². The Balaban J connectivity index is 2.19. The highest BCUT2D eigenvalue weighted by molar-refractivity contribution is 7.99. The molecule has 0 spiro atoms. The van der Waals surface area contributed by atoms with Crippen LogP contribution in [0.2, 0.25) is 0 Å². The van der Waals surface area contributed by atoms with Gasteiger partial charge in [0.2, 0.25) is 5.91 Å². The van der Waals surface area contributed by atoms with E-state index in [2.05, 4.69) is 17.4 Å². The van der Waals surface area contributed by atoms with E-state index in [1.54, 1.807) is 11.8 Å². The fourth-order valence-electron chi connectivity index (χ4n) is 1.95. The predicted molar refractivity (Wildman–Crippen MR) is 80.2 cm³/mol. The second-order valence-corrected chi connectivity index (χ2v) is 5.22. The second kappa shape index (κ2) is 5.91. The molecule has 94 valence electrons. The monoisotopic (exact) mass is 259 g/mol. The van der Waals surface area contributed by atoms with Crippen molar-refractivity contribution >= 4 is 34.1 Å². The Kier molecular flexibility index (Phi) is 4.26. The van der Waals surface area contributed by atoms with Crippen LogP contribution in [0.3, 0.4) is 0 Å². The zero-order valence-corrected chi connectivity index (χ0v) is 11.5. The number of amides is 1. The number of carbonyl (C=O) groups excluding carboxylic acids is 1. The van der Waals surface area contributed by atoms with Crippen molar-refractivity contribution < 1.29 is 4.79 Å². The number of hydrogen-bond acceptors (Lipinski definition) is 2. The van der Waals surface area contributed by atoms with E-state index in [1.165, 1.54) is 5.39 Å². The first kappa shape index (κ1) is 13.0. The van der Waals surface area contributed by atoms with Crippen LogP contribution in [0.1, 0.15) is 13.3 Å². The summed E-state index contributed by atoms with van der Waals surface area (Å²) in [7, 11) is 0. The molecule has 0 fully saturated rings. The third kappa shape index (κ3) is 2.85. The third-order valence-electron chi connectivity index (χ3n) is 2.96. The molecule has 0 bridgehead atoms. The molecule has 0 radical (unpaired) electrons. The summed E-state index contributed by atoms with van der Waals surface area (Å²) in [5.74, 6) is 0.0836. The van der Waals surface area contributed by atoms with Gasteiger partial charge in [-0.1, -0.05) is 37.3 Å². The van der Waals surface area contributed by atoms with E-state index in [9.17, 15) is 4.79 Å². The Morgan fingerprint density at radius 2 is 1.94 bits per heavy atom. The summed E-state index contributed by atoms with van der Waals surface area (Å²) in [6.07, 6.45) is 2.81. The number of thioether (sulfide) groups is 1. The molecule has 1 atom stereocenters. The topological polar surface area (TPSA) is 29.1 Å². The average Bonchev–Trinajstić information content (AvgIpc) is 2.40. The Hall–Kier alpha value is -1.48. The van der Waals surface area contributed by atoms with Crippen molar-refractivity contribution in [1.82, 2.24) is 0 Å². The highest BCUT2D eigenvalue weighted by Crippen LogP contribution is 2.20. The molecule has 1 amide bonds. The quantitative estimate of drug-likeness (QED) is 0.901. The van der Waals surface area contributed by atoms with Gasteiger partial charge in [0.15, 0.2) is 0 Å². The van der Waals surface area contributed by atoms with Gasteiger partial charge in [-0.15, -0.1) is 0 Å². The number of benzene rings is 2. The molecule has 3 heteroatoms. The van der Waals surface area contributed by atoms with Crippen LogP contribution in [0, 0.1) is 0 Å². The Morgan fingerprint density at radius 3 is 2.61 bits per heavy atom. The largest absolute Gasteiger partial charge is 0.325 e. The summed E-state index contributed by atoms with van der Waals surface area (Å²) in [6, 6.07) is 14.1. The summed E-state index contributed by atoms with van der Waals surface area (Å²) < 4.78 is 0. The first-order chi connectivity index (χ1) is 8.74. The van der Waals surface area contributed by atoms with E-state index in [4.69, 9.17) is 0 Å². The minimum Gasteiger partial charge on any atom is -0.325 e. The zero-order valence-electron chi connectivity index (χ0n) is 10.6. The number of fused-ring (bicyclic) bond motifs is 1. The van der Waals surface area contributed by atoms with Crippen LogP contribution in [-0.4, -0.2) is 17.4 Å². The van der Waals surface area contributed by atoms with Crippen molar-refractivity contribution in [3.63, 3.8) is 0 Å². The summed E-state index contributed by atoms with van der Waals surface area (Å²) in [4.78, 5) is 12.0. The minimum atomic E-state index is 0.0245. The van der Waals surface area contributed by atoms with Crippen LogP contribution in [-0.2, 0) is 4.79 Å². The highest BCUT2D eigenvalue weighted by Gasteiger charge is 2.14. The van der Waals surface area contributed by atoms with E-state index >= 15 is 0 Å². The van der Waals surface area contributed by atoms with Gasteiger partial charge in [0.1, 0.15) is 0 Å². The Morgan fingerprint density at radius 1 is 1.22 bits per heavy atom. The van der Waals surface area contributed by atoms with Gasteiger partial charge >= 0.3 is 0 Å². The molecule has 0 heterocycles. The van der Waals surface area contributed by atoms with Gasteiger partial charge in [-0.25, -0.2) is 0 Å². The molecule has 0 aromatic heterocycles. The van der Waals surface area contributed by atoms with E-state index in [0.29, 0.717) is 0 Å². The van der Waals surface area contributed by atoms with Crippen LogP contribution < -0.4 is 5.32 Å². The van der Waals surface area contributed by atoms with Gasteiger partial charge in [-0.3, -0.25) is 4.79 Å². The molecular formula is C15H17NOS. The highest BCUT2D eigenvalue weighted by atomic mass is 32.2. The summed E-state index contributed by atoms with van der Waals surface area (Å²) in [5.41, 5.74) is 0.867. The molecule has 0 saturated carbocycles. The molecule has 0 aliphatic carbocycles. The zero-order chi connectivity index (χ0) is 13.0. The van der Waals surface area contributed by atoms with Crippen molar-refractivity contribution in [2.75, 3.05) is 11.6 Å². The molecule has 0 saturated heterocycles. The first-order valence-corrected chi connectivity index (χ1v) is 7.36. The Bertz CT molecular complexity index is 549. The molecule has 1 N–H and O–H groups in total. The lowest BCUT2D eigenvalue weighted by Gasteiger charge is -2.12. The van der Waals surface area contributed by atoms with E-state index < -0.39 is 0 Å². The lowest BCUT2D eigenvalue weighted by Crippen LogP contribution is -2.24. The molecule has 0 aliphatic rings. The number of anilines is 1. The summed E-state index contributed by atoms with van der Waals surface area (Å²) in [5, 5.41) is 5.33. The second-order valence-electron chi connectivity index (χ2n) is 4.18. The predicted octanol–water partition coefficient (Wildman–Crippen LogP) is 3.92. The van der Waals surface area contributed by atoms with Crippen LogP contribution >= 0.6 is 11.8 Å². The summed E-state index contributed by atoms with van der Waals surface area (Å²) >= 11 is 1.59. The number of nitrogens with one attached hydrogen (secondary N) is 1. The Labute approximate surface area is 112 Å². The van der Waals surface area contributed by atoms with Crippen LogP contribution in [0.25, 0.3) is 10.8 Å². The van der Waals surface area contributed by atoms with Crippen LogP contribution in [0.5, 0.6) is 0 Å². The SMILES string of the molecule is CCC(SC)C(=O)Nc1ccc2ccccc2c1. The van der Waals surface area contributed by atoms with Crippen molar-refractivity contribution in [2.45, 2.75) is 18.6 Å². The van der Waals surface area contributed by atoms with Gasteiger partial charge in [-0.2, -0.15) is 11.8 Å². The van der Waals surface area contributed by atoms with Gasteiger partial charge in [0.05, 0.1) is 5.25 Å². The smallest absolute Gasteiger partial charge is 0.237 e. The summed E-state index contributed by atoms with van der Waals surface area (Å²) in [6.45, 7) is 2.03. The third-order valence-corrected chi connectivity index (χ3v) is 4.08. The lowest BCUT2D eigenvalue weighted by atomic mass is 10.1. The van der Waals surface area contributed by atoms with E-state index in [1.807, 2.05) is 43.5 Å². The average molecular weight is 259 g/mol. The van der Waals surface area contributed by atoms with Crippen molar-refractivity contribution in [3.05, 3.63) is 42.5 Å². The van der Waals surface area contributed by atoms with Gasteiger partial charge in [0, 0.05) is 5.69 Å². The number of hydrogen-bond donors (Lipinski definition) is 1. The maximum absolute atomic E-state index is 12.0. The normalized spacial score (nSPS) is 12.3. The van der Waals surface area contributed by atoms with Gasteiger partial charge in [-0.05, 0) is 35.6 Å². The van der Waals surface area contributed by atoms with E-state index in [-0.39, 0.29) is 11.2 Å². The van der Waals surface area contributed by atoms with Crippen molar-refractivity contribution in [1.29, 1.82) is 0 Å². The molecule has 1 unspecified atom stereocenters. The van der Waals surface area contributed by atoms with Gasteiger partial charge in [0.25, 0.3) is 0 Å². The standard InChI is InChI=1S/C15H17NOS/c1-3-14(18-2)15(17)16-13-9-8-11-6-4-5-7-12(11)10-13/h4-10,14H,3H2,1-2H3,(H,16,17). The fraction of sp³-hybridized carbons (Fsp3) is 0.267. The van der Waals surface area contributed by atoms with Crippen LogP contribution in [0.15, 0.2) is 42.5 Å². The molecule has 18 heavy (non-hydrogen) atoms. The molecule has 0 aliphatic heterocycles. The number of rotatable bonds is 4. The lowest BCUT2D eigenvalue weighted by molar-refractivity contribution is -0.115. The van der Waals surface area contributed by atoms with E-state index in [0.717, 1.165) is 17.5 Å². The molecule has 2 aromatic carbocycles.